The molecule has 1 saturated heterocycles. The zero-order valence-corrected chi connectivity index (χ0v) is 11.0. The highest BCUT2D eigenvalue weighted by Crippen LogP contribution is 2.23. The number of piperazine rings is 1. The minimum atomic E-state index is -0.112. The van der Waals surface area contributed by atoms with E-state index in [4.69, 9.17) is 0 Å². The second-order valence-corrected chi connectivity index (χ2v) is 5.04. The lowest BCUT2D eigenvalue weighted by atomic mass is 10.1. The summed E-state index contributed by atoms with van der Waals surface area (Å²) in [5.74, 6) is -0.112. The molecule has 0 atom stereocenters. The minimum absolute atomic E-state index is 0.112. The molecule has 88 valence electrons. The Hall–Kier alpha value is -0.450. The molecule has 1 aliphatic heterocycles. The van der Waals surface area contributed by atoms with Gasteiger partial charge in [-0.05, 0) is 34.5 Å². The zero-order chi connectivity index (χ0) is 11.5. The number of aryl methyl sites for hydroxylation is 1. The van der Waals surface area contributed by atoms with E-state index in [0.29, 0.717) is 11.0 Å². The minimum Gasteiger partial charge on any atom is -0.314 e. The van der Waals surface area contributed by atoms with Crippen LogP contribution in [0, 0.1) is 12.7 Å². The van der Waals surface area contributed by atoms with Crippen LogP contribution in [0.15, 0.2) is 16.6 Å². The molecular weight excluding hydrogens is 271 g/mol. The van der Waals surface area contributed by atoms with Crippen molar-refractivity contribution in [2.45, 2.75) is 13.5 Å². The van der Waals surface area contributed by atoms with E-state index >= 15 is 0 Å². The SMILES string of the molecule is Cc1ccc(Br)c(F)c1CN1CCNCC1. The lowest BCUT2D eigenvalue weighted by Crippen LogP contribution is -2.43. The average molecular weight is 287 g/mol. The van der Waals surface area contributed by atoms with Gasteiger partial charge in [0.15, 0.2) is 0 Å². The fraction of sp³-hybridized carbons (Fsp3) is 0.500. The Morgan fingerprint density at radius 2 is 2.06 bits per heavy atom. The predicted molar refractivity (Wildman–Crippen MR) is 67.0 cm³/mol. The maximum Gasteiger partial charge on any atom is 0.142 e. The largest absolute Gasteiger partial charge is 0.314 e. The maximum atomic E-state index is 13.9. The second kappa shape index (κ2) is 5.25. The number of halogens is 2. The van der Waals surface area contributed by atoms with E-state index in [1.807, 2.05) is 13.0 Å². The fourth-order valence-corrected chi connectivity index (χ4v) is 2.35. The Kier molecular flexibility index (Phi) is 3.95. The molecule has 16 heavy (non-hydrogen) atoms. The molecule has 1 N–H and O–H groups in total. The molecule has 0 saturated carbocycles. The van der Waals surface area contributed by atoms with Crippen LogP contribution >= 0.6 is 15.9 Å². The summed E-state index contributed by atoms with van der Waals surface area (Å²) in [6.45, 7) is 6.64. The van der Waals surface area contributed by atoms with Gasteiger partial charge >= 0.3 is 0 Å². The molecule has 1 heterocycles. The Morgan fingerprint density at radius 1 is 1.38 bits per heavy atom. The summed E-state index contributed by atoms with van der Waals surface area (Å²) in [4.78, 5) is 2.29. The van der Waals surface area contributed by atoms with Crippen LogP contribution in [-0.4, -0.2) is 31.1 Å². The van der Waals surface area contributed by atoms with Gasteiger partial charge in [0.05, 0.1) is 4.47 Å². The average Bonchev–Trinajstić information content (AvgIpc) is 2.31. The molecule has 1 aromatic carbocycles. The van der Waals surface area contributed by atoms with Crippen LogP contribution in [0.5, 0.6) is 0 Å². The van der Waals surface area contributed by atoms with Crippen molar-refractivity contribution >= 4 is 15.9 Å². The first-order valence-corrected chi connectivity index (χ1v) is 6.34. The van der Waals surface area contributed by atoms with Crippen LogP contribution in [-0.2, 0) is 6.54 Å². The Labute approximate surface area is 104 Å². The standard InChI is InChI=1S/C12H16BrFN2/c1-9-2-3-11(13)12(14)10(9)8-16-6-4-15-5-7-16/h2-3,15H,4-8H2,1H3. The Balaban J connectivity index is 2.16. The van der Waals surface area contributed by atoms with Crippen LogP contribution in [0.2, 0.25) is 0 Å². The monoisotopic (exact) mass is 286 g/mol. The summed E-state index contributed by atoms with van der Waals surface area (Å²) in [5.41, 5.74) is 1.84. The molecule has 0 bridgehead atoms. The number of nitrogens with zero attached hydrogens (tertiary/aromatic N) is 1. The maximum absolute atomic E-state index is 13.9. The molecule has 0 amide bonds. The summed E-state index contributed by atoms with van der Waals surface area (Å²) in [6.07, 6.45) is 0. The predicted octanol–water partition coefficient (Wildman–Crippen LogP) is 2.30. The van der Waals surface area contributed by atoms with Crippen molar-refractivity contribution < 1.29 is 4.39 Å². The summed E-state index contributed by atoms with van der Waals surface area (Å²) in [6, 6.07) is 3.73. The fourth-order valence-electron chi connectivity index (χ4n) is 1.98. The van der Waals surface area contributed by atoms with Gasteiger partial charge in [-0.15, -0.1) is 0 Å². The quantitative estimate of drug-likeness (QED) is 0.898. The number of hydrogen-bond acceptors (Lipinski definition) is 2. The van der Waals surface area contributed by atoms with Gasteiger partial charge in [-0.1, -0.05) is 6.07 Å². The van der Waals surface area contributed by atoms with Gasteiger partial charge in [0.1, 0.15) is 5.82 Å². The molecular formula is C12H16BrFN2. The molecule has 1 aliphatic rings. The van der Waals surface area contributed by atoms with Crippen LogP contribution in [0.1, 0.15) is 11.1 Å². The van der Waals surface area contributed by atoms with E-state index in [1.165, 1.54) is 0 Å². The van der Waals surface area contributed by atoms with Crippen LogP contribution in [0.25, 0.3) is 0 Å². The van der Waals surface area contributed by atoms with Crippen molar-refractivity contribution in [1.29, 1.82) is 0 Å². The van der Waals surface area contributed by atoms with E-state index in [0.717, 1.165) is 37.3 Å². The first kappa shape index (κ1) is 12.0. The molecule has 0 radical (unpaired) electrons. The molecule has 0 aliphatic carbocycles. The van der Waals surface area contributed by atoms with Crippen molar-refractivity contribution in [3.63, 3.8) is 0 Å². The molecule has 1 fully saturated rings. The number of rotatable bonds is 2. The van der Waals surface area contributed by atoms with Gasteiger partial charge in [0.2, 0.25) is 0 Å². The highest BCUT2D eigenvalue weighted by molar-refractivity contribution is 9.10. The van der Waals surface area contributed by atoms with E-state index in [1.54, 1.807) is 6.07 Å². The van der Waals surface area contributed by atoms with Crippen LogP contribution < -0.4 is 5.32 Å². The van der Waals surface area contributed by atoms with E-state index in [9.17, 15) is 4.39 Å². The van der Waals surface area contributed by atoms with Crippen molar-refractivity contribution in [1.82, 2.24) is 10.2 Å². The highest BCUT2D eigenvalue weighted by atomic mass is 79.9. The number of nitrogens with one attached hydrogen (secondary N) is 1. The van der Waals surface area contributed by atoms with E-state index in [2.05, 4.69) is 26.1 Å². The van der Waals surface area contributed by atoms with Crippen molar-refractivity contribution in [2.75, 3.05) is 26.2 Å². The third-order valence-corrected chi connectivity index (χ3v) is 3.63. The summed E-state index contributed by atoms with van der Waals surface area (Å²) >= 11 is 3.24. The van der Waals surface area contributed by atoms with Gasteiger partial charge in [-0.25, -0.2) is 4.39 Å². The summed E-state index contributed by atoms with van der Waals surface area (Å²) < 4.78 is 14.5. The molecule has 1 aromatic rings. The smallest absolute Gasteiger partial charge is 0.142 e. The summed E-state index contributed by atoms with van der Waals surface area (Å²) in [5, 5.41) is 3.30. The first-order chi connectivity index (χ1) is 7.68. The van der Waals surface area contributed by atoms with Gasteiger partial charge in [0.25, 0.3) is 0 Å². The highest BCUT2D eigenvalue weighted by Gasteiger charge is 2.15. The van der Waals surface area contributed by atoms with E-state index in [-0.39, 0.29) is 5.82 Å². The second-order valence-electron chi connectivity index (χ2n) is 4.18. The normalized spacial score (nSPS) is 17.7. The van der Waals surface area contributed by atoms with Crippen LogP contribution in [0.4, 0.5) is 4.39 Å². The molecule has 0 unspecified atom stereocenters. The van der Waals surface area contributed by atoms with Gasteiger partial charge in [0, 0.05) is 38.3 Å². The lowest BCUT2D eigenvalue weighted by molar-refractivity contribution is 0.230. The first-order valence-electron chi connectivity index (χ1n) is 5.55. The van der Waals surface area contributed by atoms with Crippen LogP contribution in [0.3, 0.4) is 0 Å². The summed E-state index contributed by atoms with van der Waals surface area (Å²) in [7, 11) is 0. The van der Waals surface area contributed by atoms with E-state index < -0.39 is 0 Å². The third-order valence-electron chi connectivity index (χ3n) is 3.02. The van der Waals surface area contributed by atoms with Crippen molar-refractivity contribution in [3.8, 4) is 0 Å². The Morgan fingerprint density at radius 3 is 2.75 bits per heavy atom. The topological polar surface area (TPSA) is 15.3 Å². The number of hydrogen-bond donors (Lipinski definition) is 1. The number of benzene rings is 1. The van der Waals surface area contributed by atoms with Crippen molar-refractivity contribution in [2.24, 2.45) is 0 Å². The molecule has 2 nitrogen and oxygen atoms in total. The zero-order valence-electron chi connectivity index (χ0n) is 9.39. The van der Waals surface area contributed by atoms with Gasteiger partial charge in [-0.3, -0.25) is 4.90 Å². The molecule has 2 rings (SSSR count). The molecule has 0 spiro atoms. The third kappa shape index (κ3) is 2.62. The Bertz CT molecular complexity index is 376. The molecule has 4 heteroatoms. The van der Waals surface area contributed by atoms with Gasteiger partial charge < -0.3 is 5.32 Å². The van der Waals surface area contributed by atoms with Crippen molar-refractivity contribution in [3.05, 3.63) is 33.5 Å². The lowest BCUT2D eigenvalue weighted by Gasteiger charge is -2.28. The molecule has 0 aromatic heterocycles. The van der Waals surface area contributed by atoms with Gasteiger partial charge in [-0.2, -0.15) is 0 Å².